The predicted octanol–water partition coefficient (Wildman–Crippen LogP) is 1.91. The molecular formula is C12H17NO. The lowest BCUT2D eigenvalue weighted by molar-refractivity contribution is 0.0337. The third-order valence-electron chi connectivity index (χ3n) is 3.19. The average molecular weight is 191 g/mol. The van der Waals surface area contributed by atoms with Crippen molar-refractivity contribution in [2.45, 2.75) is 37.8 Å². The van der Waals surface area contributed by atoms with Gasteiger partial charge in [0.1, 0.15) is 0 Å². The van der Waals surface area contributed by atoms with Gasteiger partial charge in [-0.2, -0.15) is 0 Å². The summed E-state index contributed by atoms with van der Waals surface area (Å²) in [6.07, 6.45) is 2.50. The highest BCUT2D eigenvalue weighted by molar-refractivity contribution is 5.27. The van der Waals surface area contributed by atoms with E-state index in [1.807, 2.05) is 31.2 Å². The van der Waals surface area contributed by atoms with Gasteiger partial charge in [0.15, 0.2) is 0 Å². The van der Waals surface area contributed by atoms with Gasteiger partial charge >= 0.3 is 0 Å². The Labute approximate surface area is 84.7 Å². The topological polar surface area (TPSA) is 46.2 Å². The lowest BCUT2D eigenvalue weighted by Crippen LogP contribution is -2.51. The van der Waals surface area contributed by atoms with Crippen LogP contribution in [0.3, 0.4) is 0 Å². The Balaban J connectivity index is 2.22. The first-order chi connectivity index (χ1) is 6.62. The van der Waals surface area contributed by atoms with E-state index in [-0.39, 0.29) is 5.54 Å². The van der Waals surface area contributed by atoms with Crippen LogP contribution in [0.15, 0.2) is 24.3 Å². The molecule has 1 saturated carbocycles. The Kier molecular flexibility index (Phi) is 2.33. The van der Waals surface area contributed by atoms with E-state index in [9.17, 15) is 5.11 Å². The highest BCUT2D eigenvalue weighted by Gasteiger charge is 2.40. The van der Waals surface area contributed by atoms with Crippen LogP contribution >= 0.6 is 0 Å². The number of hydrogen-bond donors (Lipinski definition) is 2. The molecule has 1 aromatic rings. The summed E-state index contributed by atoms with van der Waals surface area (Å²) in [5.41, 5.74) is 7.83. The number of rotatable bonds is 2. The van der Waals surface area contributed by atoms with Gasteiger partial charge in [-0.15, -0.1) is 0 Å². The molecule has 0 aliphatic heterocycles. The van der Waals surface area contributed by atoms with Crippen LogP contribution in [0.5, 0.6) is 0 Å². The minimum atomic E-state index is -0.504. The van der Waals surface area contributed by atoms with Gasteiger partial charge in [0.25, 0.3) is 0 Å². The summed E-state index contributed by atoms with van der Waals surface area (Å²) in [6, 6.07) is 7.96. The lowest BCUT2D eigenvalue weighted by Gasteiger charge is -2.42. The molecule has 1 unspecified atom stereocenters. The van der Waals surface area contributed by atoms with Gasteiger partial charge in [-0.25, -0.2) is 0 Å². The van der Waals surface area contributed by atoms with Gasteiger partial charge in [0, 0.05) is 5.54 Å². The zero-order chi connectivity index (χ0) is 10.2. The van der Waals surface area contributed by atoms with Crippen LogP contribution < -0.4 is 5.73 Å². The lowest BCUT2D eigenvalue weighted by atomic mass is 9.71. The fourth-order valence-corrected chi connectivity index (χ4v) is 2.03. The van der Waals surface area contributed by atoms with Crippen molar-refractivity contribution in [3.05, 3.63) is 35.4 Å². The Bertz CT molecular complexity index is 331. The van der Waals surface area contributed by atoms with Gasteiger partial charge in [-0.05, 0) is 31.7 Å². The van der Waals surface area contributed by atoms with Gasteiger partial charge < -0.3 is 10.8 Å². The average Bonchev–Trinajstić information content (AvgIpc) is 2.13. The molecule has 0 heterocycles. The van der Waals surface area contributed by atoms with Gasteiger partial charge in [0.05, 0.1) is 6.10 Å². The molecular weight excluding hydrogens is 174 g/mol. The minimum absolute atomic E-state index is 0.367. The Hall–Kier alpha value is -0.860. The summed E-state index contributed by atoms with van der Waals surface area (Å²) in [7, 11) is 0. The summed E-state index contributed by atoms with van der Waals surface area (Å²) in [5.74, 6) is 0. The molecule has 76 valence electrons. The van der Waals surface area contributed by atoms with E-state index in [0.29, 0.717) is 0 Å². The Morgan fingerprint density at radius 1 is 1.43 bits per heavy atom. The van der Waals surface area contributed by atoms with Gasteiger partial charge in [-0.1, -0.05) is 29.8 Å². The van der Waals surface area contributed by atoms with Crippen molar-refractivity contribution < 1.29 is 5.11 Å². The van der Waals surface area contributed by atoms with Crippen molar-refractivity contribution >= 4 is 0 Å². The zero-order valence-corrected chi connectivity index (χ0v) is 8.53. The van der Waals surface area contributed by atoms with Crippen molar-refractivity contribution in [3.63, 3.8) is 0 Å². The fourth-order valence-electron chi connectivity index (χ4n) is 2.03. The van der Waals surface area contributed by atoms with Crippen molar-refractivity contribution in [3.8, 4) is 0 Å². The second-order valence-corrected chi connectivity index (χ2v) is 4.40. The number of aliphatic hydroxyl groups excluding tert-OH is 1. The molecule has 1 atom stereocenters. The SMILES string of the molecule is Cc1cccc(C(O)C2(N)CCC2)c1. The van der Waals surface area contributed by atoms with E-state index in [4.69, 9.17) is 5.73 Å². The Morgan fingerprint density at radius 3 is 2.64 bits per heavy atom. The normalized spacial score (nSPS) is 21.4. The molecule has 1 fully saturated rings. The fraction of sp³-hybridized carbons (Fsp3) is 0.500. The zero-order valence-electron chi connectivity index (χ0n) is 8.53. The monoisotopic (exact) mass is 191 g/mol. The van der Waals surface area contributed by atoms with E-state index in [1.165, 1.54) is 5.56 Å². The van der Waals surface area contributed by atoms with Crippen LogP contribution in [-0.2, 0) is 0 Å². The predicted molar refractivity (Wildman–Crippen MR) is 56.9 cm³/mol. The van der Waals surface area contributed by atoms with Gasteiger partial charge in [-0.3, -0.25) is 0 Å². The maximum Gasteiger partial charge on any atom is 0.0969 e. The molecule has 14 heavy (non-hydrogen) atoms. The molecule has 0 bridgehead atoms. The first-order valence-corrected chi connectivity index (χ1v) is 5.15. The summed E-state index contributed by atoms with van der Waals surface area (Å²) < 4.78 is 0. The van der Waals surface area contributed by atoms with Crippen molar-refractivity contribution in [2.24, 2.45) is 5.73 Å². The smallest absolute Gasteiger partial charge is 0.0969 e. The molecule has 0 saturated heterocycles. The number of nitrogens with two attached hydrogens (primary N) is 1. The second-order valence-electron chi connectivity index (χ2n) is 4.40. The van der Waals surface area contributed by atoms with Crippen molar-refractivity contribution in [1.82, 2.24) is 0 Å². The number of aryl methyl sites for hydroxylation is 1. The first kappa shape index (κ1) is 9.69. The third kappa shape index (κ3) is 1.56. The van der Waals surface area contributed by atoms with Crippen LogP contribution in [0.25, 0.3) is 0 Å². The van der Waals surface area contributed by atoms with Crippen LogP contribution in [0, 0.1) is 6.92 Å². The first-order valence-electron chi connectivity index (χ1n) is 5.15. The maximum absolute atomic E-state index is 10.1. The molecule has 0 aromatic heterocycles. The molecule has 2 heteroatoms. The minimum Gasteiger partial charge on any atom is -0.386 e. The second kappa shape index (κ2) is 3.37. The summed E-state index contributed by atoms with van der Waals surface area (Å²) in [4.78, 5) is 0. The van der Waals surface area contributed by atoms with E-state index in [0.717, 1.165) is 24.8 Å². The molecule has 0 radical (unpaired) electrons. The van der Waals surface area contributed by atoms with Gasteiger partial charge in [0.2, 0.25) is 0 Å². The van der Waals surface area contributed by atoms with E-state index < -0.39 is 6.10 Å². The molecule has 1 aromatic carbocycles. The van der Waals surface area contributed by atoms with Crippen LogP contribution in [0.1, 0.15) is 36.5 Å². The molecule has 1 aliphatic rings. The number of benzene rings is 1. The van der Waals surface area contributed by atoms with Crippen LogP contribution in [-0.4, -0.2) is 10.6 Å². The highest BCUT2D eigenvalue weighted by Crippen LogP contribution is 2.39. The maximum atomic E-state index is 10.1. The van der Waals surface area contributed by atoms with E-state index in [2.05, 4.69) is 0 Å². The van der Waals surface area contributed by atoms with Crippen molar-refractivity contribution in [1.29, 1.82) is 0 Å². The van der Waals surface area contributed by atoms with Crippen LogP contribution in [0.2, 0.25) is 0 Å². The molecule has 0 spiro atoms. The number of aliphatic hydroxyl groups is 1. The molecule has 2 rings (SSSR count). The molecule has 1 aliphatic carbocycles. The molecule has 0 amide bonds. The molecule has 2 nitrogen and oxygen atoms in total. The summed E-state index contributed by atoms with van der Waals surface area (Å²) >= 11 is 0. The quantitative estimate of drug-likeness (QED) is 0.750. The van der Waals surface area contributed by atoms with Crippen molar-refractivity contribution in [2.75, 3.05) is 0 Å². The summed E-state index contributed by atoms with van der Waals surface area (Å²) in [5, 5.41) is 10.1. The number of hydrogen-bond acceptors (Lipinski definition) is 2. The Morgan fingerprint density at radius 2 is 2.14 bits per heavy atom. The molecule has 3 N–H and O–H groups in total. The van der Waals surface area contributed by atoms with E-state index >= 15 is 0 Å². The summed E-state index contributed by atoms with van der Waals surface area (Å²) in [6.45, 7) is 2.03. The largest absolute Gasteiger partial charge is 0.386 e. The third-order valence-corrected chi connectivity index (χ3v) is 3.19. The van der Waals surface area contributed by atoms with Crippen LogP contribution in [0.4, 0.5) is 0 Å². The standard InChI is InChI=1S/C12H17NO/c1-9-4-2-5-10(8-9)11(14)12(13)6-3-7-12/h2,4-5,8,11,14H,3,6-7,13H2,1H3. The van der Waals surface area contributed by atoms with E-state index in [1.54, 1.807) is 0 Å². The highest BCUT2D eigenvalue weighted by atomic mass is 16.3.